The summed E-state index contributed by atoms with van der Waals surface area (Å²) in [6.07, 6.45) is 1.75. The molecule has 0 aliphatic carbocycles. The van der Waals surface area contributed by atoms with Crippen molar-refractivity contribution < 1.29 is 13.2 Å². The molecule has 1 aromatic carbocycles. The van der Waals surface area contributed by atoms with Crippen LogP contribution in [0, 0.1) is 6.92 Å². The van der Waals surface area contributed by atoms with E-state index < -0.39 is 10.0 Å². The van der Waals surface area contributed by atoms with Gasteiger partial charge in [-0.2, -0.15) is 0 Å². The summed E-state index contributed by atoms with van der Waals surface area (Å²) in [6, 6.07) is 4.69. The molecule has 140 valence electrons. The Morgan fingerprint density at radius 2 is 2.12 bits per heavy atom. The summed E-state index contributed by atoms with van der Waals surface area (Å²) in [5.41, 5.74) is 1.16. The number of rotatable bonds is 6. The molecule has 3 N–H and O–H groups in total. The minimum absolute atomic E-state index is 0.00446. The molecule has 26 heavy (non-hydrogen) atoms. The Bertz CT molecular complexity index is 895. The lowest BCUT2D eigenvalue weighted by molar-refractivity contribution is -0.121. The fourth-order valence-corrected chi connectivity index (χ4v) is 4.49. The summed E-state index contributed by atoms with van der Waals surface area (Å²) in [5, 5.41) is 8.09. The third-order valence-corrected chi connectivity index (χ3v) is 6.45. The summed E-state index contributed by atoms with van der Waals surface area (Å²) < 4.78 is 27.2. The quantitative estimate of drug-likeness (QED) is 0.624. The number of hydrogen-bond acceptors (Lipinski definition) is 6. The minimum atomic E-state index is -3.81. The Labute approximate surface area is 162 Å². The lowest BCUT2D eigenvalue weighted by Crippen LogP contribution is -2.37. The van der Waals surface area contributed by atoms with Crippen molar-refractivity contribution in [2.45, 2.75) is 31.2 Å². The van der Waals surface area contributed by atoms with E-state index in [9.17, 15) is 13.2 Å². The number of thiocarbonyl (C=S) groups is 1. The van der Waals surface area contributed by atoms with Crippen molar-refractivity contribution in [3.63, 3.8) is 0 Å². The lowest BCUT2D eigenvalue weighted by Gasteiger charge is -2.14. The summed E-state index contributed by atoms with van der Waals surface area (Å²) >= 11 is 6.33. The van der Waals surface area contributed by atoms with E-state index in [4.69, 9.17) is 12.2 Å². The first kappa shape index (κ1) is 20.3. The zero-order chi connectivity index (χ0) is 19.3. The van der Waals surface area contributed by atoms with Gasteiger partial charge < -0.3 is 10.6 Å². The third kappa shape index (κ3) is 5.23. The topological polar surface area (TPSA) is 100 Å². The summed E-state index contributed by atoms with van der Waals surface area (Å²) in [6.45, 7) is 3.54. The van der Waals surface area contributed by atoms with Gasteiger partial charge in [0.2, 0.25) is 5.91 Å². The normalized spacial score (nSPS) is 12.3. The molecule has 7 nitrogen and oxygen atoms in total. The predicted octanol–water partition coefficient (Wildman–Crippen LogP) is 1.65. The van der Waals surface area contributed by atoms with Crippen molar-refractivity contribution in [3.05, 3.63) is 45.9 Å². The number of carbonyl (C=O) groups is 1. The highest BCUT2D eigenvalue weighted by Crippen LogP contribution is 2.18. The lowest BCUT2D eigenvalue weighted by atomic mass is 10.1. The zero-order valence-corrected chi connectivity index (χ0v) is 17.0. The van der Waals surface area contributed by atoms with Crippen LogP contribution in [0.25, 0.3) is 0 Å². The van der Waals surface area contributed by atoms with Gasteiger partial charge in [-0.3, -0.25) is 9.52 Å². The number of sulfonamides is 1. The number of amides is 1. The van der Waals surface area contributed by atoms with Gasteiger partial charge in [-0.1, -0.05) is 12.1 Å². The van der Waals surface area contributed by atoms with Gasteiger partial charge in [0.05, 0.1) is 17.4 Å². The Morgan fingerprint density at radius 3 is 2.73 bits per heavy atom. The average Bonchev–Trinajstić information content (AvgIpc) is 3.10. The van der Waals surface area contributed by atoms with Crippen LogP contribution >= 0.6 is 23.6 Å². The second kappa shape index (κ2) is 8.56. The Kier molecular flexibility index (Phi) is 6.68. The molecule has 0 bridgehead atoms. The first-order valence-corrected chi connectivity index (χ1v) is 10.5. The molecule has 0 saturated carbocycles. The van der Waals surface area contributed by atoms with E-state index in [0.717, 1.165) is 5.01 Å². The van der Waals surface area contributed by atoms with E-state index in [1.54, 1.807) is 25.3 Å². The molecule has 0 saturated heterocycles. The summed E-state index contributed by atoms with van der Waals surface area (Å²) in [7, 11) is -2.28. The number of hydrogen-bond donors (Lipinski definition) is 3. The maximum Gasteiger partial charge on any atom is 0.263 e. The van der Waals surface area contributed by atoms with E-state index in [1.807, 2.05) is 12.3 Å². The first-order chi connectivity index (χ1) is 12.2. The number of carbonyl (C=O) groups excluding carboxylic acids is 1. The van der Waals surface area contributed by atoms with Gasteiger partial charge in [0.1, 0.15) is 5.01 Å². The average molecular weight is 413 g/mol. The Hall–Kier alpha value is -2.04. The van der Waals surface area contributed by atoms with Crippen molar-refractivity contribution in [1.29, 1.82) is 0 Å². The summed E-state index contributed by atoms with van der Waals surface area (Å²) in [5.74, 6) is -0.210. The molecule has 0 aliphatic rings. The SMILES string of the molecule is CNC(=S)NS(=O)(=O)c1cc(CC(=O)NC(C)c2nccs2)ccc1C. The molecular weight excluding hydrogens is 392 g/mol. The number of aromatic nitrogens is 1. The van der Waals surface area contributed by atoms with Crippen molar-refractivity contribution in [3.8, 4) is 0 Å². The smallest absolute Gasteiger partial charge is 0.263 e. The second-order valence-corrected chi connectivity index (χ2v) is 8.61. The highest BCUT2D eigenvalue weighted by atomic mass is 32.2. The molecule has 0 aliphatic heterocycles. The predicted molar refractivity (Wildman–Crippen MR) is 106 cm³/mol. The van der Waals surface area contributed by atoms with Crippen molar-refractivity contribution in [1.82, 2.24) is 20.3 Å². The number of nitrogens with zero attached hydrogens (tertiary/aromatic N) is 1. The number of thiazole rings is 1. The molecule has 1 heterocycles. The molecule has 2 aromatic rings. The highest BCUT2D eigenvalue weighted by Gasteiger charge is 2.19. The van der Waals surface area contributed by atoms with Crippen LogP contribution in [-0.4, -0.2) is 31.5 Å². The van der Waals surface area contributed by atoms with Crippen molar-refractivity contribution in [2.75, 3.05) is 7.05 Å². The maximum atomic E-state index is 12.4. The molecule has 1 aromatic heterocycles. The monoisotopic (exact) mass is 412 g/mol. The molecule has 0 radical (unpaired) electrons. The van der Waals surface area contributed by atoms with Crippen molar-refractivity contribution >= 4 is 44.6 Å². The molecule has 1 unspecified atom stereocenters. The standard InChI is InChI=1S/C16H20N4O3S3/c1-10-4-5-12(8-13(10)26(22,23)20-16(24)17-3)9-14(21)19-11(2)15-18-6-7-25-15/h4-8,11H,9H2,1-3H3,(H,19,21)(H2,17,20,24). The van der Waals surface area contributed by atoms with Gasteiger partial charge in [0.15, 0.2) is 5.11 Å². The summed E-state index contributed by atoms with van der Waals surface area (Å²) in [4.78, 5) is 16.5. The number of benzene rings is 1. The zero-order valence-electron chi connectivity index (χ0n) is 14.6. The molecule has 1 amide bonds. The molecule has 1 atom stereocenters. The molecule has 0 spiro atoms. The largest absolute Gasteiger partial charge is 0.365 e. The van der Waals surface area contributed by atoms with E-state index in [1.165, 1.54) is 24.5 Å². The molecule has 0 fully saturated rings. The van der Waals surface area contributed by atoms with Crippen LogP contribution < -0.4 is 15.4 Å². The van der Waals surface area contributed by atoms with Gasteiger partial charge in [-0.15, -0.1) is 11.3 Å². The third-order valence-electron chi connectivity index (χ3n) is 3.56. The van der Waals surface area contributed by atoms with Crippen LogP contribution in [0.15, 0.2) is 34.7 Å². The van der Waals surface area contributed by atoms with Gasteiger partial charge in [0, 0.05) is 18.6 Å². The van der Waals surface area contributed by atoms with Crippen LogP contribution in [-0.2, 0) is 21.2 Å². The van der Waals surface area contributed by atoms with Crippen LogP contribution in [0.1, 0.15) is 29.1 Å². The van der Waals surface area contributed by atoms with Crippen LogP contribution in [0.5, 0.6) is 0 Å². The maximum absolute atomic E-state index is 12.4. The van der Waals surface area contributed by atoms with Gasteiger partial charge >= 0.3 is 0 Å². The first-order valence-electron chi connectivity index (χ1n) is 7.75. The van der Waals surface area contributed by atoms with E-state index >= 15 is 0 Å². The van der Waals surface area contributed by atoms with Crippen LogP contribution in [0.2, 0.25) is 0 Å². The second-order valence-electron chi connectivity index (χ2n) is 5.62. The molecule has 2 rings (SSSR count). The fraction of sp³-hybridized carbons (Fsp3) is 0.312. The Balaban J connectivity index is 2.13. The van der Waals surface area contributed by atoms with E-state index in [0.29, 0.717) is 11.1 Å². The number of aryl methyl sites for hydroxylation is 1. The minimum Gasteiger partial charge on any atom is -0.365 e. The fourth-order valence-electron chi connectivity index (χ4n) is 2.26. The van der Waals surface area contributed by atoms with E-state index in [-0.39, 0.29) is 28.4 Å². The van der Waals surface area contributed by atoms with Gasteiger partial charge in [0.25, 0.3) is 10.0 Å². The Morgan fingerprint density at radius 1 is 1.38 bits per heavy atom. The van der Waals surface area contributed by atoms with Crippen molar-refractivity contribution in [2.24, 2.45) is 0 Å². The molecule has 10 heteroatoms. The number of nitrogens with one attached hydrogen (secondary N) is 3. The van der Waals surface area contributed by atoms with Gasteiger partial charge in [-0.05, 0) is 43.3 Å². The van der Waals surface area contributed by atoms with E-state index in [2.05, 4.69) is 20.3 Å². The van der Waals surface area contributed by atoms with Crippen LogP contribution in [0.3, 0.4) is 0 Å². The van der Waals surface area contributed by atoms with Crippen LogP contribution in [0.4, 0.5) is 0 Å². The highest BCUT2D eigenvalue weighted by molar-refractivity contribution is 7.91. The molecular formula is C16H20N4O3S3. The van der Waals surface area contributed by atoms with Gasteiger partial charge in [-0.25, -0.2) is 13.4 Å².